The summed E-state index contributed by atoms with van der Waals surface area (Å²) in [5.74, 6) is -2.91. The zero-order valence-electron chi connectivity index (χ0n) is 21.3. The smallest absolute Gasteiger partial charge is 0.337 e. The highest BCUT2D eigenvalue weighted by Gasteiger charge is 2.47. The van der Waals surface area contributed by atoms with Crippen molar-refractivity contribution in [2.75, 3.05) is 26.1 Å². The fourth-order valence-electron chi connectivity index (χ4n) is 5.65. The molecular weight excluding hydrogens is 444 g/mol. The topological polar surface area (TPSA) is 84.9 Å². The van der Waals surface area contributed by atoms with E-state index in [0.717, 1.165) is 49.1 Å². The summed E-state index contributed by atoms with van der Waals surface area (Å²) in [4.78, 5) is 42.0. The third-order valence-electron chi connectivity index (χ3n) is 7.53. The van der Waals surface area contributed by atoms with Crippen LogP contribution in [0.25, 0.3) is 0 Å². The van der Waals surface area contributed by atoms with Gasteiger partial charge in [-0.3, -0.25) is 9.59 Å². The third kappa shape index (κ3) is 4.86. The summed E-state index contributed by atoms with van der Waals surface area (Å²) in [6.07, 6.45) is 5.41. The van der Waals surface area contributed by atoms with Crippen LogP contribution in [0.4, 0.5) is 5.69 Å². The van der Waals surface area contributed by atoms with Gasteiger partial charge in [0.15, 0.2) is 5.78 Å². The molecule has 0 unspecified atom stereocenters. The number of nitrogens with one attached hydrogen (secondary N) is 1. The number of ketones is 1. The van der Waals surface area contributed by atoms with Gasteiger partial charge in [-0.15, -0.1) is 0 Å². The average Bonchev–Trinajstić information content (AvgIpc) is 2.83. The Labute approximate surface area is 207 Å². The molecule has 2 aliphatic carbocycles. The second kappa shape index (κ2) is 10.3. The number of hydrogen-bond donors (Lipinski definition) is 1. The molecule has 7 nitrogen and oxygen atoms in total. The van der Waals surface area contributed by atoms with Crippen LogP contribution in [0.1, 0.15) is 63.9 Å². The Bertz CT molecular complexity index is 1060. The van der Waals surface area contributed by atoms with Crippen molar-refractivity contribution >= 4 is 23.4 Å². The Balaban J connectivity index is 1.78. The Morgan fingerprint density at radius 2 is 1.71 bits per heavy atom. The Hall–Kier alpha value is -3.09. The number of hydrogen-bond acceptors (Lipinski definition) is 7. The van der Waals surface area contributed by atoms with Crippen molar-refractivity contribution in [3.63, 3.8) is 0 Å². The fraction of sp³-hybridized carbons (Fsp3) is 0.536. The van der Waals surface area contributed by atoms with Gasteiger partial charge >= 0.3 is 11.9 Å². The molecule has 1 N–H and O–H groups in total. The number of Topliss-reactive ketones (excluding diaryl/α,β-unsaturated/α-hetero) is 1. The van der Waals surface area contributed by atoms with Crippen molar-refractivity contribution in [1.82, 2.24) is 5.32 Å². The summed E-state index contributed by atoms with van der Waals surface area (Å²) in [5, 5.41) is 3.33. The minimum Gasteiger partial charge on any atom is -0.468 e. The molecule has 3 aliphatic rings. The molecule has 188 valence electrons. The van der Waals surface area contributed by atoms with Crippen LogP contribution < -0.4 is 10.2 Å². The highest BCUT2D eigenvalue weighted by atomic mass is 16.5. The summed E-state index contributed by atoms with van der Waals surface area (Å²) in [6, 6.07) is 7.86. The molecule has 1 aromatic carbocycles. The van der Waals surface area contributed by atoms with Gasteiger partial charge in [0.25, 0.3) is 0 Å². The predicted octanol–water partition coefficient (Wildman–Crippen LogP) is 4.24. The number of carbonyl (C=O) groups excluding carboxylic acids is 3. The number of benzene rings is 1. The number of rotatable bonds is 5. The van der Waals surface area contributed by atoms with E-state index in [-0.39, 0.29) is 17.8 Å². The highest BCUT2D eigenvalue weighted by Crippen LogP contribution is 2.46. The van der Waals surface area contributed by atoms with E-state index in [2.05, 4.69) is 5.32 Å². The van der Waals surface area contributed by atoms with Gasteiger partial charge in [-0.2, -0.15) is 0 Å². The summed E-state index contributed by atoms with van der Waals surface area (Å²) < 4.78 is 11.0. The average molecular weight is 481 g/mol. The molecule has 4 rings (SSSR count). The van der Waals surface area contributed by atoms with Gasteiger partial charge in [0.05, 0.1) is 12.7 Å². The van der Waals surface area contributed by atoms with Gasteiger partial charge < -0.3 is 19.7 Å². The Morgan fingerprint density at radius 3 is 2.31 bits per heavy atom. The minimum atomic E-state index is -0.891. The Kier molecular flexibility index (Phi) is 7.33. The molecule has 1 saturated carbocycles. The van der Waals surface area contributed by atoms with E-state index in [0.29, 0.717) is 23.3 Å². The van der Waals surface area contributed by atoms with Gasteiger partial charge in [0.1, 0.15) is 12.0 Å². The maximum absolute atomic E-state index is 13.8. The largest absolute Gasteiger partial charge is 0.468 e. The lowest BCUT2D eigenvalue weighted by Gasteiger charge is -2.38. The van der Waals surface area contributed by atoms with Gasteiger partial charge in [0, 0.05) is 42.7 Å². The van der Waals surface area contributed by atoms with E-state index < -0.39 is 23.8 Å². The zero-order chi connectivity index (χ0) is 25.3. The van der Waals surface area contributed by atoms with Crippen molar-refractivity contribution in [3.8, 4) is 0 Å². The summed E-state index contributed by atoms with van der Waals surface area (Å²) in [6.45, 7) is 3.75. The number of ether oxygens (including phenoxy) is 2. The number of esters is 2. The van der Waals surface area contributed by atoms with Crippen LogP contribution in [0.3, 0.4) is 0 Å². The summed E-state index contributed by atoms with van der Waals surface area (Å²) in [7, 11) is 5.23. The molecule has 7 heteroatoms. The first kappa shape index (κ1) is 25.0. The van der Waals surface area contributed by atoms with Crippen molar-refractivity contribution in [1.29, 1.82) is 0 Å². The standard InChI is InChI=1S/C28H36N2O5/c1-16-15-21-25(26(31)22(16)27(32)34-5)24(18-11-13-19(14-12-18)30(3)4)23(17(2)29-21)28(33)35-20-9-7-6-8-10-20/h11-14,16,20,22,24,29H,6-10,15H2,1-5H3/t16-,22-,24+/m0/s1. The molecule has 1 fully saturated rings. The van der Waals surface area contributed by atoms with Crippen LogP contribution in [-0.2, 0) is 23.9 Å². The van der Waals surface area contributed by atoms with Crippen LogP contribution in [0.5, 0.6) is 0 Å². The van der Waals surface area contributed by atoms with Gasteiger partial charge in [-0.05, 0) is 62.6 Å². The number of anilines is 1. The molecule has 0 bridgehead atoms. The highest BCUT2D eigenvalue weighted by molar-refractivity contribution is 6.12. The van der Waals surface area contributed by atoms with Gasteiger partial charge in [0.2, 0.25) is 0 Å². The molecule has 0 amide bonds. The molecule has 0 saturated heterocycles. The lowest BCUT2D eigenvalue weighted by atomic mass is 9.69. The molecular formula is C28H36N2O5. The second-order valence-electron chi connectivity index (χ2n) is 10.2. The van der Waals surface area contributed by atoms with Crippen molar-refractivity contribution in [3.05, 3.63) is 52.4 Å². The van der Waals surface area contributed by atoms with Crippen LogP contribution in [0.15, 0.2) is 46.8 Å². The molecule has 1 aliphatic heterocycles. The molecule has 1 aromatic rings. The number of carbonyl (C=O) groups is 3. The molecule has 35 heavy (non-hydrogen) atoms. The number of allylic oxidation sites excluding steroid dienone is 3. The van der Waals surface area contributed by atoms with Crippen LogP contribution in [0.2, 0.25) is 0 Å². The quantitative estimate of drug-likeness (QED) is 0.498. The molecule has 0 spiro atoms. The maximum Gasteiger partial charge on any atom is 0.337 e. The second-order valence-corrected chi connectivity index (χ2v) is 10.2. The van der Waals surface area contributed by atoms with E-state index in [4.69, 9.17) is 9.47 Å². The van der Waals surface area contributed by atoms with Crippen LogP contribution in [-0.4, -0.2) is 45.0 Å². The lowest BCUT2D eigenvalue weighted by Crippen LogP contribution is -2.43. The van der Waals surface area contributed by atoms with Crippen LogP contribution >= 0.6 is 0 Å². The number of nitrogens with zero attached hydrogens (tertiary/aromatic N) is 1. The third-order valence-corrected chi connectivity index (χ3v) is 7.53. The Morgan fingerprint density at radius 1 is 1.06 bits per heavy atom. The first-order valence-electron chi connectivity index (χ1n) is 12.5. The van der Waals surface area contributed by atoms with E-state index >= 15 is 0 Å². The van der Waals surface area contributed by atoms with Crippen molar-refractivity contribution < 1.29 is 23.9 Å². The normalized spacial score (nSPS) is 25.1. The first-order valence-corrected chi connectivity index (χ1v) is 12.5. The predicted molar refractivity (Wildman–Crippen MR) is 134 cm³/mol. The first-order chi connectivity index (χ1) is 16.7. The fourth-order valence-corrected chi connectivity index (χ4v) is 5.65. The van der Waals surface area contributed by atoms with Gasteiger partial charge in [-0.1, -0.05) is 25.5 Å². The van der Waals surface area contributed by atoms with E-state index in [1.165, 1.54) is 7.11 Å². The molecule has 0 aromatic heterocycles. The summed E-state index contributed by atoms with van der Waals surface area (Å²) in [5.41, 5.74) is 4.22. The minimum absolute atomic E-state index is 0.103. The number of dihydropyridines is 1. The maximum atomic E-state index is 13.8. The van der Waals surface area contributed by atoms with E-state index in [9.17, 15) is 14.4 Å². The molecule has 3 atom stereocenters. The zero-order valence-corrected chi connectivity index (χ0v) is 21.3. The van der Waals surface area contributed by atoms with E-state index in [1.54, 1.807) is 0 Å². The van der Waals surface area contributed by atoms with Crippen molar-refractivity contribution in [2.45, 2.75) is 64.4 Å². The van der Waals surface area contributed by atoms with Crippen LogP contribution in [0, 0.1) is 11.8 Å². The molecule has 1 heterocycles. The monoisotopic (exact) mass is 480 g/mol. The molecule has 0 radical (unpaired) electrons. The van der Waals surface area contributed by atoms with Gasteiger partial charge in [-0.25, -0.2) is 4.79 Å². The van der Waals surface area contributed by atoms with E-state index in [1.807, 2.05) is 57.1 Å². The number of methoxy groups -OCH3 is 1. The lowest BCUT2D eigenvalue weighted by molar-refractivity contribution is -0.151. The van der Waals surface area contributed by atoms with Crippen molar-refractivity contribution in [2.24, 2.45) is 11.8 Å². The SMILES string of the molecule is COC(=O)[C@@H]1C(=O)C2=C(C[C@@H]1C)NC(C)=C(C(=O)OC1CCCCC1)[C@H]2c1ccc(N(C)C)cc1. The summed E-state index contributed by atoms with van der Waals surface area (Å²) >= 11 is 0.